The molecule has 116 valence electrons. The molecule has 0 N–H and O–H groups in total. The molecule has 1 fully saturated rings. The van der Waals surface area contributed by atoms with Gasteiger partial charge in [0.1, 0.15) is 5.82 Å². The number of imidazole rings is 1. The summed E-state index contributed by atoms with van der Waals surface area (Å²) in [6.07, 6.45) is 5.77. The van der Waals surface area contributed by atoms with Gasteiger partial charge in [0, 0.05) is 56.0 Å². The molecule has 0 unspecified atom stereocenters. The molecule has 0 saturated carbocycles. The van der Waals surface area contributed by atoms with Crippen molar-refractivity contribution in [3.63, 3.8) is 0 Å². The van der Waals surface area contributed by atoms with Crippen LogP contribution >= 0.6 is 11.3 Å². The van der Waals surface area contributed by atoms with Crippen molar-refractivity contribution < 1.29 is 0 Å². The van der Waals surface area contributed by atoms with Gasteiger partial charge in [0.25, 0.3) is 0 Å². The van der Waals surface area contributed by atoms with E-state index >= 15 is 0 Å². The average molecular weight is 322 g/mol. The summed E-state index contributed by atoms with van der Waals surface area (Å²) in [4.78, 5) is 11.6. The molecular weight excluding hydrogens is 304 g/mol. The lowest BCUT2D eigenvalue weighted by Gasteiger charge is -2.16. The predicted octanol–water partition coefficient (Wildman–Crippen LogP) is 3.24. The predicted molar refractivity (Wildman–Crippen MR) is 91.3 cm³/mol. The van der Waals surface area contributed by atoms with Crippen LogP contribution in [0.3, 0.4) is 0 Å². The molecule has 5 rings (SSSR count). The van der Waals surface area contributed by atoms with Gasteiger partial charge in [0.15, 0.2) is 0 Å². The third kappa shape index (κ3) is 2.23. The summed E-state index contributed by atoms with van der Waals surface area (Å²) in [7, 11) is 0. The number of likely N-dealkylation sites (tertiary alicyclic amines) is 1. The molecule has 2 aliphatic heterocycles. The van der Waals surface area contributed by atoms with Crippen LogP contribution in [0.25, 0.3) is 11.3 Å². The average Bonchev–Trinajstić information content (AvgIpc) is 3.31. The summed E-state index contributed by atoms with van der Waals surface area (Å²) in [5.41, 5.74) is 3.82. The lowest BCUT2D eigenvalue weighted by atomic mass is 9.99. The van der Waals surface area contributed by atoms with Crippen LogP contribution in [-0.2, 0) is 13.1 Å². The molecule has 5 heterocycles. The zero-order chi connectivity index (χ0) is 15.2. The first-order valence-electron chi connectivity index (χ1n) is 8.08. The van der Waals surface area contributed by atoms with E-state index in [9.17, 15) is 0 Å². The number of hydrogen-bond acceptors (Lipinski definition) is 4. The van der Waals surface area contributed by atoms with Crippen molar-refractivity contribution in [3.05, 3.63) is 58.9 Å². The molecule has 0 amide bonds. The van der Waals surface area contributed by atoms with E-state index in [0.717, 1.165) is 19.6 Å². The lowest BCUT2D eigenvalue weighted by molar-refractivity contribution is 0.307. The first-order valence-corrected chi connectivity index (χ1v) is 9.02. The summed E-state index contributed by atoms with van der Waals surface area (Å²) >= 11 is 1.78. The van der Waals surface area contributed by atoms with Crippen LogP contribution in [0.4, 0.5) is 0 Å². The van der Waals surface area contributed by atoms with Crippen LogP contribution < -0.4 is 0 Å². The van der Waals surface area contributed by atoms with Crippen LogP contribution in [0.5, 0.6) is 0 Å². The fraction of sp³-hybridized carbons (Fsp3) is 0.333. The highest BCUT2D eigenvalue weighted by atomic mass is 32.1. The van der Waals surface area contributed by atoms with Gasteiger partial charge in [-0.25, -0.2) is 4.98 Å². The molecule has 0 radical (unpaired) electrons. The maximum atomic E-state index is 4.76. The molecule has 4 nitrogen and oxygen atoms in total. The van der Waals surface area contributed by atoms with Crippen molar-refractivity contribution in [1.29, 1.82) is 0 Å². The molecule has 0 spiro atoms. The quantitative estimate of drug-likeness (QED) is 0.742. The van der Waals surface area contributed by atoms with E-state index in [1.807, 2.05) is 24.7 Å². The Kier molecular flexibility index (Phi) is 3.09. The van der Waals surface area contributed by atoms with Crippen LogP contribution in [0.1, 0.15) is 17.3 Å². The number of pyridine rings is 1. The van der Waals surface area contributed by atoms with Crippen LogP contribution in [0, 0.1) is 5.92 Å². The third-order valence-electron chi connectivity index (χ3n) is 5.10. The number of nitrogens with zero attached hydrogens (tertiary/aromatic N) is 4. The van der Waals surface area contributed by atoms with Gasteiger partial charge in [0.05, 0.1) is 11.9 Å². The van der Waals surface area contributed by atoms with Crippen molar-refractivity contribution in [2.75, 3.05) is 13.1 Å². The van der Waals surface area contributed by atoms with Crippen LogP contribution in [0.15, 0.2) is 47.5 Å². The Labute approximate surface area is 139 Å². The van der Waals surface area contributed by atoms with Gasteiger partial charge in [-0.05, 0) is 34.5 Å². The largest absolute Gasteiger partial charge is 0.327 e. The van der Waals surface area contributed by atoms with Crippen molar-refractivity contribution in [2.45, 2.75) is 19.0 Å². The van der Waals surface area contributed by atoms with E-state index in [-0.39, 0.29) is 0 Å². The molecule has 3 aromatic rings. The molecule has 5 heteroatoms. The standard InChI is InChI=1S/C18H18N4S/c1-2-14(6-19-4-1)17-7-20-18-16-11-21(8-13-3-5-23-12-13)9-15(16)10-22(17)18/h1-7,12,15-16H,8-11H2/t15-,16+/m1/s1. The van der Waals surface area contributed by atoms with E-state index in [1.54, 1.807) is 11.3 Å². The maximum absolute atomic E-state index is 4.76. The van der Waals surface area contributed by atoms with E-state index < -0.39 is 0 Å². The monoisotopic (exact) mass is 322 g/mol. The highest BCUT2D eigenvalue weighted by Crippen LogP contribution is 2.41. The summed E-state index contributed by atoms with van der Waals surface area (Å²) in [6.45, 7) is 4.47. The SMILES string of the molecule is c1cncc(-c2cnc3n2C[C@H]2CN(Cc4ccsc4)C[C@H]32)c1. The highest BCUT2D eigenvalue weighted by molar-refractivity contribution is 7.07. The summed E-state index contributed by atoms with van der Waals surface area (Å²) in [5.74, 6) is 2.55. The van der Waals surface area contributed by atoms with E-state index in [1.165, 1.54) is 29.2 Å². The fourth-order valence-electron chi connectivity index (χ4n) is 4.07. The number of fused-ring (bicyclic) bond motifs is 3. The van der Waals surface area contributed by atoms with Crippen molar-refractivity contribution in [2.24, 2.45) is 5.92 Å². The molecule has 2 atom stereocenters. The normalized spacial score (nSPS) is 23.1. The van der Waals surface area contributed by atoms with E-state index in [2.05, 4.69) is 37.3 Å². The molecule has 2 aliphatic rings. The Morgan fingerprint density at radius 2 is 2.17 bits per heavy atom. The summed E-state index contributed by atoms with van der Waals surface area (Å²) < 4.78 is 2.41. The lowest BCUT2D eigenvalue weighted by Crippen LogP contribution is -2.22. The highest BCUT2D eigenvalue weighted by Gasteiger charge is 2.42. The smallest absolute Gasteiger partial charge is 0.113 e. The van der Waals surface area contributed by atoms with Gasteiger partial charge in [-0.3, -0.25) is 9.88 Å². The summed E-state index contributed by atoms with van der Waals surface area (Å²) in [6, 6.07) is 6.35. The second-order valence-electron chi connectivity index (χ2n) is 6.55. The second kappa shape index (κ2) is 5.28. The molecule has 23 heavy (non-hydrogen) atoms. The van der Waals surface area contributed by atoms with Gasteiger partial charge in [-0.15, -0.1) is 0 Å². The van der Waals surface area contributed by atoms with Crippen LogP contribution in [-0.4, -0.2) is 32.5 Å². The minimum absolute atomic E-state index is 0.582. The van der Waals surface area contributed by atoms with Gasteiger partial charge in [-0.1, -0.05) is 0 Å². The molecule has 0 bridgehead atoms. The van der Waals surface area contributed by atoms with Gasteiger partial charge >= 0.3 is 0 Å². The van der Waals surface area contributed by atoms with Gasteiger partial charge in [-0.2, -0.15) is 11.3 Å². The Hall–Kier alpha value is -1.98. The van der Waals surface area contributed by atoms with E-state index in [0.29, 0.717) is 11.8 Å². The zero-order valence-electron chi connectivity index (χ0n) is 12.8. The Morgan fingerprint density at radius 1 is 1.17 bits per heavy atom. The molecular formula is C18H18N4S. The first-order chi connectivity index (χ1) is 11.4. The minimum atomic E-state index is 0.582. The van der Waals surface area contributed by atoms with Gasteiger partial charge in [0.2, 0.25) is 0 Å². The third-order valence-corrected chi connectivity index (χ3v) is 5.83. The number of thiophene rings is 1. The van der Waals surface area contributed by atoms with Crippen molar-refractivity contribution in [1.82, 2.24) is 19.4 Å². The van der Waals surface area contributed by atoms with E-state index in [4.69, 9.17) is 4.98 Å². The fourth-order valence-corrected chi connectivity index (χ4v) is 4.72. The minimum Gasteiger partial charge on any atom is -0.327 e. The summed E-state index contributed by atoms with van der Waals surface area (Å²) in [5, 5.41) is 4.43. The maximum Gasteiger partial charge on any atom is 0.113 e. The Bertz CT molecular complexity index is 809. The van der Waals surface area contributed by atoms with Gasteiger partial charge < -0.3 is 4.57 Å². The van der Waals surface area contributed by atoms with Crippen molar-refractivity contribution in [3.8, 4) is 11.3 Å². The van der Waals surface area contributed by atoms with Crippen molar-refractivity contribution >= 4 is 11.3 Å². The topological polar surface area (TPSA) is 34.0 Å². The van der Waals surface area contributed by atoms with Crippen LogP contribution in [0.2, 0.25) is 0 Å². The molecule has 0 aromatic carbocycles. The molecule has 1 saturated heterocycles. The first kappa shape index (κ1) is 13.5. The number of rotatable bonds is 3. The second-order valence-corrected chi connectivity index (χ2v) is 7.33. The molecule has 3 aromatic heterocycles. The zero-order valence-corrected chi connectivity index (χ0v) is 13.6. The molecule has 0 aliphatic carbocycles. The number of aromatic nitrogens is 3. The Morgan fingerprint density at radius 3 is 3.00 bits per heavy atom. The number of hydrogen-bond donors (Lipinski definition) is 0. The Balaban J connectivity index is 1.39.